The molecule has 2 nitrogen and oxygen atoms in total. The van der Waals surface area contributed by atoms with E-state index >= 15 is 0 Å². The van der Waals surface area contributed by atoms with Gasteiger partial charge < -0.3 is 10.5 Å². The number of halogens is 1. The molecular formula is C12H18FNO. The molecule has 0 saturated heterocycles. The van der Waals surface area contributed by atoms with Gasteiger partial charge in [0.2, 0.25) is 0 Å². The van der Waals surface area contributed by atoms with Crippen molar-refractivity contribution >= 4 is 0 Å². The Kier molecular flexibility index (Phi) is 4.09. The zero-order valence-corrected chi connectivity index (χ0v) is 9.46. The number of hydrogen-bond donors (Lipinski definition) is 1. The lowest BCUT2D eigenvalue weighted by Crippen LogP contribution is -2.14. The maximum Gasteiger partial charge on any atom is 0.169 e. The van der Waals surface area contributed by atoms with Gasteiger partial charge in [0, 0.05) is 11.6 Å². The van der Waals surface area contributed by atoms with Crippen LogP contribution in [-0.2, 0) is 0 Å². The topological polar surface area (TPSA) is 35.2 Å². The van der Waals surface area contributed by atoms with Crippen LogP contribution in [-0.4, -0.2) is 7.11 Å². The van der Waals surface area contributed by atoms with Crippen LogP contribution in [0.25, 0.3) is 0 Å². The number of hydrogen-bond acceptors (Lipinski definition) is 2. The van der Waals surface area contributed by atoms with Crippen molar-refractivity contribution in [2.45, 2.75) is 26.3 Å². The average Bonchev–Trinajstić information content (AvgIpc) is 2.17. The van der Waals surface area contributed by atoms with E-state index in [2.05, 4.69) is 13.8 Å². The van der Waals surface area contributed by atoms with Crippen LogP contribution in [0.1, 0.15) is 31.9 Å². The Morgan fingerprint density at radius 2 is 2.07 bits per heavy atom. The Labute approximate surface area is 90.2 Å². The molecule has 0 aromatic heterocycles. The van der Waals surface area contributed by atoms with E-state index in [1.54, 1.807) is 18.2 Å². The minimum atomic E-state index is -0.340. The number of methoxy groups -OCH3 is 1. The zero-order chi connectivity index (χ0) is 11.4. The largest absolute Gasteiger partial charge is 0.494 e. The van der Waals surface area contributed by atoms with Crippen molar-refractivity contribution in [1.29, 1.82) is 0 Å². The van der Waals surface area contributed by atoms with E-state index in [-0.39, 0.29) is 17.6 Å². The highest BCUT2D eigenvalue weighted by molar-refractivity contribution is 5.32. The van der Waals surface area contributed by atoms with Gasteiger partial charge in [0.1, 0.15) is 0 Å². The zero-order valence-electron chi connectivity index (χ0n) is 9.46. The molecule has 0 aliphatic heterocycles. The Balaban J connectivity index is 2.93. The standard InChI is InChI=1S/C12H18FNO/c1-8(2)7-10(14)9-5-4-6-11(15-3)12(9)13/h4-6,8,10H,7,14H2,1-3H3. The van der Waals surface area contributed by atoms with Crippen LogP contribution in [0.3, 0.4) is 0 Å². The predicted molar refractivity (Wildman–Crippen MR) is 59.3 cm³/mol. The maximum atomic E-state index is 13.8. The second-order valence-corrected chi connectivity index (χ2v) is 4.10. The molecule has 0 heterocycles. The van der Waals surface area contributed by atoms with Crippen molar-refractivity contribution in [3.05, 3.63) is 29.6 Å². The van der Waals surface area contributed by atoms with Crippen LogP contribution < -0.4 is 10.5 Å². The smallest absolute Gasteiger partial charge is 0.169 e. The normalized spacial score (nSPS) is 12.9. The van der Waals surface area contributed by atoms with Gasteiger partial charge in [-0.3, -0.25) is 0 Å². The first kappa shape index (κ1) is 12.0. The van der Waals surface area contributed by atoms with Crippen molar-refractivity contribution in [1.82, 2.24) is 0 Å². The number of benzene rings is 1. The van der Waals surface area contributed by atoms with Gasteiger partial charge in [-0.1, -0.05) is 26.0 Å². The van der Waals surface area contributed by atoms with Crippen molar-refractivity contribution in [2.24, 2.45) is 11.7 Å². The van der Waals surface area contributed by atoms with E-state index in [9.17, 15) is 4.39 Å². The summed E-state index contributed by atoms with van der Waals surface area (Å²) in [4.78, 5) is 0. The fraction of sp³-hybridized carbons (Fsp3) is 0.500. The summed E-state index contributed by atoms with van der Waals surface area (Å²) in [6.07, 6.45) is 0.768. The average molecular weight is 211 g/mol. The molecule has 0 radical (unpaired) electrons. The van der Waals surface area contributed by atoms with Gasteiger partial charge in [-0.15, -0.1) is 0 Å². The molecule has 1 aromatic carbocycles. The highest BCUT2D eigenvalue weighted by Gasteiger charge is 2.15. The van der Waals surface area contributed by atoms with Gasteiger partial charge in [-0.05, 0) is 18.4 Å². The summed E-state index contributed by atoms with van der Waals surface area (Å²) in [6.45, 7) is 4.13. The minimum absolute atomic E-state index is 0.256. The van der Waals surface area contributed by atoms with Gasteiger partial charge in [0.15, 0.2) is 11.6 Å². The lowest BCUT2D eigenvalue weighted by molar-refractivity contribution is 0.379. The summed E-state index contributed by atoms with van der Waals surface area (Å²) in [5.74, 6) is 0.366. The molecule has 1 rings (SSSR count). The molecule has 84 valence electrons. The van der Waals surface area contributed by atoms with Crippen LogP contribution in [0.2, 0.25) is 0 Å². The lowest BCUT2D eigenvalue weighted by atomic mass is 9.97. The molecular weight excluding hydrogens is 193 g/mol. The highest BCUT2D eigenvalue weighted by Crippen LogP contribution is 2.26. The molecule has 1 unspecified atom stereocenters. The molecule has 0 amide bonds. The predicted octanol–water partition coefficient (Wildman–Crippen LogP) is 2.88. The molecule has 1 atom stereocenters. The van der Waals surface area contributed by atoms with Crippen molar-refractivity contribution in [3.8, 4) is 5.75 Å². The molecule has 1 aromatic rings. The molecule has 2 N–H and O–H groups in total. The van der Waals surface area contributed by atoms with Crippen LogP contribution in [0.4, 0.5) is 4.39 Å². The summed E-state index contributed by atoms with van der Waals surface area (Å²) in [5.41, 5.74) is 6.46. The van der Waals surface area contributed by atoms with Gasteiger partial charge in [0.25, 0.3) is 0 Å². The van der Waals surface area contributed by atoms with E-state index in [1.807, 2.05) is 0 Å². The molecule has 0 saturated carbocycles. The molecule has 0 spiro atoms. The van der Waals surface area contributed by atoms with Crippen molar-refractivity contribution in [2.75, 3.05) is 7.11 Å². The van der Waals surface area contributed by atoms with Gasteiger partial charge in [-0.2, -0.15) is 0 Å². The quantitative estimate of drug-likeness (QED) is 0.831. The Morgan fingerprint density at radius 3 is 2.60 bits per heavy atom. The summed E-state index contributed by atoms with van der Waals surface area (Å²) in [5, 5.41) is 0. The second kappa shape index (κ2) is 5.12. The Morgan fingerprint density at radius 1 is 1.40 bits per heavy atom. The molecule has 0 bridgehead atoms. The highest BCUT2D eigenvalue weighted by atomic mass is 19.1. The number of rotatable bonds is 4. The van der Waals surface area contributed by atoms with E-state index in [4.69, 9.17) is 10.5 Å². The molecule has 0 fully saturated rings. The van der Waals surface area contributed by atoms with Gasteiger partial charge in [-0.25, -0.2) is 4.39 Å². The van der Waals surface area contributed by atoms with E-state index < -0.39 is 0 Å². The fourth-order valence-corrected chi connectivity index (χ4v) is 1.61. The number of nitrogens with two attached hydrogens (primary N) is 1. The van der Waals surface area contributed by atoms with E-state index in [0.717, 1.165) is 6.42 Å². The third-order valence-electron chi connectivity index (χ3n) is 2.34. The van der Waals surface area contributed by atoms with Crippen molar-refractivity contribution < 1.29 is 9.13 Å². The van der Waals surface area contributed by atoms with E-state index in [1.165, 1.54) is 7.11 Å². The van der Waals surface area contributed by atoms with Crippen LogP contribution >= 0.6 is 0 Å². The van der Waals surface area contributed by atoms with Crippen molar-refractivity contribution in [3.63, 3.8) is 0 Å². The maximum absolute atomic E-state index is 13.8. The Hall–Kier alpha value is -1.09. The first-order valence-electron chi connectivity index (χ1n) is 5.14. The first-order chi connectivity index (χ1) is 7.06. The molecule has 15 heavy (non-hydrogen) atoms. The Bertz CT molecular complexity index is 325. The van der Waals surface area contributed by atoms with Crippen LogP contribution in [0, 0.1) is 11.7 Å². The SMILES string of the molecule is COc1cccc(C(N)CC(C)C)c1F. The van der Waals surface area contributed by atoms with Crippen LogP contribution in [0.15, 0.2) is 18.2 Å². The molecule has 0 aliphatic carbocycles. The number of ether oxygens (including phenoxy) is 1. The fourth-order valence-electron chi connectivity index (χ4n) is 1.61. The second-order valence-electron chi connectivity index (χ2n) is 4.10. The van der Waals surface area contributed by atoms with Crippen LogP contribution in [0.5, 0.6) is 5.75 Å². The first-order valence-corrected chi connectivity index (χ1v) is 5.14. The lowest BCUT2D eigenvalue weighted by Gasteiger charge is -2.16. The van der Waals surface area contributed by atoms with Gasteiger partial charge >= 0.3 is 0 Å². The minimum Gasteiger partial charge on any atom is -0.494 e. The van der Waals surface area contributed by atoms with Gasteiger partial charge in [0.05, 0.1) is 7.11 Å². The third kappa shape index (κ3) is 2.93. The summed E-state index contributed by atoms with van der Waals surface area (Å²) in [7, 11) is 1.45. The summed E-state index contributed by atoms with van der Waals surface area (Å²) < 4.78 is 18.7. The third-order valence-corrected chi connectivity index (χ3v) is 2.34. The molecule has 3 heteroatoms. The molecule has 0 aliphatic rings. The summed E-state index contributed by atoms with van der Waals surface area (Å²) >= 11 is 0. The summed E-state index contributed by atoms with van der Waals surface area (Å²) in [6, 6.07) is 4.81. The van der Waals surface area contributed by atoms with E-state index in [0.29, 0.717) is 11.5 Å². The monoisotopic (exact) mass is 211 g/mol.